The van der Waals surface area contributed by atoms with Gasteiger partial charge in [-0.2, -0.15) is 0 Å². The van der Waals surface area contributed by atoms with Gasteiger partial charge in [0.05, 0.1) is 25.6 Å². The molecular formula is C24H34ClN6O5P. The molecule has 0 bridgehead atoms. The average molecular weight is 553 g/mol. The number of anilines is 1. The third-order valence-corrected chi connectivity index (χ3v) is 7.57. The van der Waals surface area contributed by atoms with Crippen LogP contribution in [0.3, 0.4) is 0 Å². The Kier molecular flexibility index (Phi) is 9.89. The number of carbonyl (C=O) groups is 1. The molecule has 0 aliphatic rings. The van der Waals surface area contributed by atoms with Crippen LogP contribution in [0.4, 0.5) is 5.82 Å². The molecule has 0 spiro atoms. The van der Waals surface area contributed by atoms with Gasteiger partial charge in [0.1, 0.15) is 29.5 Å². The maximum atomic E-state index is 14.0. The van der Waals surface area contributed by atoms with Gasteiger partial charge in [-0.1, -0.05) is 31.4 Å². The van der Waals surface area contributed by atoms with Crippen molar-refractivity contribution in [1.29, 1.82) is 0 Å². The predicted octanol–water partition coefficient (Wildman–Crippen LogP) is 4.80. The number of ether oxygens (including phenoxy) is 2. The van der Waals surface area contributed by atoms with E-state index in [1.807, 2.05) is 6.92 Å². The third kappa shape index (κ3) is 8.13. The van der Waals surface area contributed by atoms with Crippen LogP contribution in [0.15, 0.2) is 36.9 Å². The summed E-state index contributed by atoms with van der Waals surface area (Å²) in [5.74, 6) is 0.0707. The van der Waals surface area contributed by atoms with E-state index in [2.05, 4.69) is 27.0 Å². The normalized spacial score (nSPS) is 14.3. The first-order chi connectivity index (χ1) is 17.5. The average Bonchev–Trinajstić information content (AvgIpc) is 3.25. The maximum absolute atomic E-state index is 14.0. The zero-order chi connectivity index (χ0) is 27.1. The number of hydrogen-bond acceptors (Lipinski definition) is 9. The first-order valence-electron chi connectivity index (χ1n) is 12.1. The molecule has 2 unspecified atom stereocenters. The predicted molar refractivity (Wildman–Crippen MR) is 143 cm³/mol. The number of imidazole rings is 1. The van der Waals surface area contributed by atoms with Crippen LogP contribution in [0.1, 0.15) is 47.0 Å². The largest absolute Gasteiger partial charge is 0.464 e. The molecule has 37 heavy (non-hydrogen) atoms. The van der Waals surface area contributed by atoms with Gasteiger partial charge < -0.3 is 24.3 Å². The van der Waals surface area contributed by atoms with Crippen molar-refractivity contribution in [3.05, 3.63) is 41.9 Å². The SMILES string of the molecule is CCCCCOC(=O)C(C)(C)NP(=O)(COC(C)Cn1cnc2c(N)ncnc21)Oc1ccc(Cl)cc1. The zero-order valence-electron chi connectivity index (χ0n) is 21.5. The van der Waals surface area contributed by atoms with E-state index in [9.17, 15) is 9.36 Å². The van der Waals surface area contributed by atoms with Crippen molar-refractivity contribution in [3.8, 4) is 5.75 Å². The van der Waals surface area contributed by atoms with Gasteiger partial charge in [0, 0.05) is 5.02 Å². The Morgan fingerprint density at radius 1 is 1.22 bits per heavy atom. The number of esters is 1. The number of nitrogens with two attached hydrogens (primary N) is 1. The van der Waals surface area contributed by atoms with Gasteiger partial charge in [0.2, 0.25) is 0 Å². The molecule has 3 N–H and O–H groups in total. The summed E-state index contributed by atoms with van der Waals surface area (Å²) in [5, 5.41) is 3.38. The number of fused-ring (bicyclic) bond motifs is 1. The van der Waals surface area contributed by atoms with E-state index in [0.717, 1.165) is 19.3 Å². The van der Waals surface area contributed by atoms with Gasteiger partial charge in [0.25, 0.3) is 0 Å². The molecule has 2 atom stereocenters. The molecule has 3 rings (SSSR count). The van der Waals surface area contributed by atoms with Crippen molar-refractivity contribution in [3.63, 3.8) is 0 Å². The summed E-state index contributed by atoms with van der Waals surface area (Å²) >= 11 is 5.97. The highest BCUT2D eigenvalue weighted by Crippen LogP contribution is 2.45. The zero-order valence-corrected chi connectivity index (χ0v) is 23.2. The molecule has 202 valence electrons. The molecule has 3 aromatic rings. The van der Waals surface area contributed by atoms with Gasteiger partial charge >= 0.3 is 13.5 Å². The van der Waals surface area contributed by atoms with E-state index in [0.29, 0.717) is 35.1 Å². The van der Waals surface area contributed by atoms with Crippen LogP contribution < -0.4 is 15.3 Å². The Balaban J connectivity index is 1.71. The standard InChI is InChI=1S/C24H34ClN6O5P/c1-5-6-7-12-34-23(32)24(3,4)30-37(33,36-19-10-8-18(25)9-11-19)16-35-17(2)13-31-15-29-20-21(26)27-14-28-22(20)31/h8-11,14-15,17H,5-7,12-13,16H2,1-4H3,(H,30,33)(H2,26,27,28). The molecule has 1 aromatic carbocycles. The molecule has 2 heterocycles. The quantitative estimate of drug-likeness (QED) is 0.162. The Morgan fingerprint density at radius 2 is 1.95 bits per heavy atom. The molecule has 0 aliphatic heterocycles. The molecule has 11 nitrogen and oxygen atoms in total. The Labute approximate surface area is 221 Å². The van der Waals surface area contributed by atoms with Crippen LogP contribution in [0, 0.1) is 0 Å². The first kappa shape index (κ1) is 28.8. The molecule has 2 aromatic heterocycles. The van der Waals surface area contributed by atoms with Crippen LogP contribution in [-0.4, -0.2) is 50.1 Å². The lowest BCUT2D eigenvalue weighted by Crippen LogP contribution is -2.47. The minimum Gasteiger partial charge on any atom is -0.464 e. The van der Waals surface area contributed by atoms with E-state index in [1.165, 1.54) is 6.33 Å². The minimum atomic E-state index is -3.76. The fourth-order valence-electron chi connectivity index (χ4n) is 3.50. The first-order valence-corrected chi connectivity index (χ1v) is 14.3. The lowest BCUT2D eigenvalue weighted by molar-refractivity contribution is -0.149. The van der Waals surface area contributed by atoms with Gasteiger partial charge in [-0.3, -0.25) is 9.36 Å². The van der Waals surface area contributed by atoms with Crippen LogP contribution in [-0.2, 0) is 25.4 Å². The molecule has 0 amide bonds. The lowest BCUT2D eigenvalue weighted by atomic mass is 10.1. The van der Waals surface area contributed by atoms with E-state index in [-0.39, 0.29) is 12.2 Å². The highest BCUT2D eigenvalue weighted by molar-refractivity contribution is 7.57. The number of rotatable bonds is 14. The molecule has 0 saturated carbocycles. The third-order valence-electron chi connectivity index (χ3n) is 5.42. The fraction of sp³-hybridized carbons (Fsp3) is 0.500. The molecule has 0 fully saturated rings. The summed E-state index contributed by atoms with van der Waals surface area (Å²) in [7, 11) is -3.76. The molecular weight excluding hydrogens is 519 g/mol. The maximum Gasteiger partial charge on any atom is 0.342 e. The Morgan fingerprint density at radius 3 is 2.65 bits per heavy atom. The second-order valence-electron chi connectivity index (χ2n) is 9.23. The summed E-state index contributed by atoms with van der Waals surface area (Å²) in [6.07, 6.45) is 4.95. The van der Waals surface area contributed by atoms with Crippen LogP contribution in [0.25, 0.3) is 11.2 Å². The van der Waals surface area contributed by atoms with Crippen molar-refractivity contribution in [1.82, 2.24) is 24.6 Å². The highest BCUT2D eigenvalue weighted by atomic mass is 35.5. The number of nitrogen functional groups attached to an aromatic ring is 1. The number of nitrogens with zero attached hydrogens (tertiary/aromatic N) is 4. The molecule has 0 radical (unpaired) electrons. The van der Waals surface area contributed by atoms with Gasteiger partial charge in [-0.25, -0.2) is 20.0 Å². The summed E-state index contributed by atoms with van der Waals surface area (Å²) in [6.45, 7) is 7.72. The molecule has 13 heteroatoms. The number of nitrogens with one attached hydrogen (secondary N) is 1. The minimum absolute atomic E-state index is 0.284. The van der Waals surface area contributed by atoms with E-state index < -0.39 is 25.1 Å². The van der Waals surface area contributed by atoms with E-state index in [1.54, 1.807) is 49.0 Å². The van der Waals surface area contributed by atoms with Gasteiger partial charge in [-0.05, 0) is 51.5 Å². The van der Waals surface area contributed by atoms with Crippen molar-refractivity contribution >= 4 is 42.1 Å². The van der Waals surface area contributed by atoms with Crippen LogP contribution in [0.5, 0.6) is 5.75 Å². The Bertz CT molecular complexity index is 1240. The van der Waals surface area contributed by atoms with Crippen molar-refractivity contribution < 1.29 is 23.4 Å². The second kappa shape index (κ2) is 12.7. The lowest BCUT2D eigenvalue weighted by Gasteiger charge is -2.30. The number of halogens is 1. The van der Waals surface area contributed by atoms with Crippen LogP contribution in [0.2, 0.25) is 5.02 Å². The van der Waals surface area contributed by atoms with Crippen LogP contribution >= 0.6 is 19.1 Å². The topological polar surface area (TPSA) is 143 Å². The summed E-state index contributed by atoms with van der Waals surface area (Å²) in [6, 6.07) is 6.43. The smallest absolute Gasteiger partial charge is 0.342 e. The second-order valence-corrected chi connectivity index (χ2v) is 11.7. The van der Waals surface area contributed by atoms with E-state index >= 15 is 0 Å². The van der Waals surface area contributed by atoms with E-state index in [4.69, 9.17) is 31.3 Å². The number of hydrogen-bond donors (Lipinski definition) is 2. The van der Waals surface area contributed by atoms with Gasteiger partial charge in [0.15, 0.2) is 11.5 Å². The summed E-state index contributed by atoms with van der Waals surface area (Å²) in [5.41, 5.74) is 5.62. The van der Waals surface area contributed by atoms with Crippen molar-refractivity contribution in [2.24, 2.45) is 0 Å². The summed E-state index contributed by atoms with van der Waals surface area (Å²) in [4.78, 5) is 25.2. The van der Waals surface area contributed by atoms with Crippen molar-refractivity contribution in [2.75, 3.05) is 18.7 Å². The van der Waals surface area contributed by atoms with Gasteiger partial charge in [-0.15, -0.1) is 0 Å². The highest BCUT2D eigenvalue weighted by Gasteiger charge is 2.39. The van der Waals surface area contributed by atoms with Crippen molar-refractivity contribution in [2.45, 2.75) is 65.1 Å². The molecule has 0 aliphatic carbocycles. The molecule has 0 saturated heterocycles. The number of aromatic nitrogens is 4. The Hall–Kier alpha value is -2.72. The summed E-state index contributed by atoms with van der Waals surface area (Å²) < 4.78 is 32.9. The number of carbonyl (C=O) groups excluding carboxylic acids is 1. The number of unbranched alkanes of at least 4 members (excludes halogenated alkanes) is 2. The fourth-order valence-corrected chi connectivity index (χ4v) is 5.65. The number of benzene rings is 1. The monoisotopic (exact) mass is 552 g/mol.